The molecule has 8 N–H and O–H groups in total. The number of aromatic hydroxyl groups is 1. The molecule has 0 bridgehead atoms. The van der Waals surface area contributed by atoms with Gasteiger partial charge in [-0.2, -0.15) is 0 Å². The van der Waals surface area contributed by atoms with Crippen LogP contribution in [0.25, 0.3) is 27.6 Å². The van der Waals surface area contributed by atoms with Gasteiger partial charge in [-0.05, 0) is 81.7 Å². The molecule has 3 aliphatic rings. The fourth-order valence-corrected chi connectivity index (χ4v) is 10.1. The van der Waals surface area contributed by atoms with Gasteiger partial charge < -0.3 is 54.7 Å². The topological polar surface area (TPSA) is 229 Å². The lowest BCUT2D eigenvalue weighted by atomic mass is 9.65. The number of carbonyl (C=O) groups excluding carboxylic acids is 1. The minimum absolute atomic E-state index is 0.0173. The Hall–Kier alpha value is -4.74. The van der Waals surface area contributed by atoms with Crippen molar-refractivity contribution in [3.8, 4) is 17.2 Å². The van der Waals surface area contributed by atoms with E-state index in [2.05, 4.69) is 17.2 Å². The summed E-state index contributed by atoms with van der Waals surface area (Å²) in [6.45, 7) is 4.69. The van der Waals surface area contributed by atoms with E-state index in [1.807, 2.05) is 30.0 Å². The van der Waals surface area contributed by atoms with E-state index in [4.69, 9.17) is 18.9 Å². The van der Waals surface area contributed by atoms with Crippen LogP contribution < -0.4 is 15.5 Å². The maximum Gasteiger partial charge on any atom is 0.226 e. The zero-order chi connectivity index (χ0) is 43.3. The molecule has 1 saturated carbocycles. The molecule has 1 spiro atoms. The number of benzene rings is 2. The summed E-state index contributed by atoms with van der Waals surface area (Å²) in [6.07, 6.45) is 3.52. The van der Waals surface area contributed by atoms with Crippen LogP contribution >= 0.6 is 0 Å². The first-order chi connectivity index (χ1) is 29.2. The number of fused-ring (bicyclic) bond motifs is 3. The van der Waals surface area contributed by atoms with Crippen LogP contribution in [0, 0.1) is 18.3 Å². The molecular formula is C46H57N3O12. The summed E-state index contributed by atoms with van der Waals surface area (Å²) in [5.74, 6) is 1.07. The zero-order valence-electron chi connectivity index (χ0n) is 34.9. The Morgan fingerprint density at radius 2 is 1.80 bits per heavy atom. The van der Waals surface area contributed by atoms with Crippen molar-refractivity contribution in [1.29, 1.82) is 0 Å². The second kappa shape index (κ2) is 16.9. The van der Waals surface area contributed by atoms with Gasteiger partial charge in [0.05, 0.1) is 22.9 Å². The Labute approximate surface area is 352 Å². The zero-order valence-corrected chi connectivity index (χ0v) is 34.9. The number of aryl methyl sites for hydroxylation is 2. The first kappa shape index (κ1) is 42.9. The second-order valence-electron chi connectivity index (χ2n) is 17.7. The summed E-state index contributed by atoms with van der Waals surface area (Å²) in [6, 6.07) is 11.1. The van der Waals surface area contributed by atoms with Gasteiger partial charge in [-0.15, -0.1) is 0 Å². The van der Waals surface area contributed by atoms with Crippen molar-refractivity contribution in [3.05, 3.63) is 87.7 Å². The number of carbonyl (C=O) groups is 1. The average Bonchev–Trinajstić information content (AvgIpc) is 3.93. The Balaban J connectivity index is 1.18. The summed E-state index contributed by atoms with van der Waals surface area (Å²) in [7, 11) is 0. The van der Waals surface area contributed by atoms with Crippen molar-refractivity contribution < 1.29 is 54.4 Å². The van der Waals surface area contributed by atoms with Crippen molar-refractivity contribution in [1.82, 2.24) is 14.9 Å². The quantitative estimate of drug-likeness (QED) is 0.0549. The largest absolute Gasteiger partial charge is 0.508 e. The van der Waals surface area contributed by atoms with E-state index < -0.39 is 54.2 Å². The number of nitrogens with zero attached hydrogens (tertiary/aromatic N) is 1. The number of phenolic OH excluding ortho intramolecular Hbond substituents is 1. The Bertz CT molecular complexity index is 2430. The number of amides is 1. The van der Waals surface area contributed by atoms with Crippen LogP contribution in [0.5, 0.6) is 11.5 Å². The smallest absolute Gasteiger partial charge is 0.226 e. The molecule has 61 heavy (non-hydrogen) atoms. The molecule has 2 aliphatic heterocycles. The van der Waals surface area contributed by atoms with Crippen molar-refractivity contribution >= 4 is 27.8 Å². The Morgan fingerprint density at radius 1 is 1.05 bits per heavy atom. The van der Waals surface area contributed by atoms with E-state index in [1.165, 1.54) is 30.3 Å². The Kier molecular flexibility index (Phi) is 11.9. The summed E-state index contributed by atoms with van der Waals surface area (Å²) in [5, 5.41) is 68.2. The molecule has 2 aromatic carbocycles. The maximum absolute atomic E-state index is 13.7. The van der Waals surface area contributed by atoms with Crippen LogP contribution in [0.3, 0.4) is 0 Å². The van der Waals surface area contributed by atoms with E-state index in [0.717, 1.165) is 48.7 Å². The molecule has 8 rings (SSSR count). The number of aromatic amines is 1. The predicted molar refractivity (Wildman–Crippen MR) is 224 cm³/mol. The normalized spacial score (nSPS) is 23.7. The predicted octanol–water partition coefficient (Wildman–Crippen LogP) is 4.18. The van der Waals surface area contributed by atoms with E-state index in [1.54, 1.807) is 13.0 Å². The van der Waals surface area contributed by atoms with Crippen LogP contribution in [0.2, 0.25) is 0 Å². The van der Waals surface area contributed by atoms with Crippen molar-refractivity contribution in [3.63, 3.8) is 0 Å². The monoisotopic (exact) mass is 843 g/mol. The standard InChI is InChI=1S/C46H57N3O12/c1-4-34-31-13-17-47-33(31)23-49(34)38-40-28(19-32-35(52)18-26(2)59-41(32)38)20-37(44(3,60-40)16-12-29-22-48-43(56)45(29)14-6-5-7-15-45)61-58-25-46(57,42(55)39(54)36(53)24-50)21-27-8-10-30(51)11-9-27/h8-11,13,17-19,23,29,36-37,39,42,47,50-51,53-55,57H,4-7,12,14-16,20-22,24-25H2,1-3H3,(H,48,56)/t29-,36-,37-,39-,42+,44-,46+/m1/s1. The number of aliphatic hydroxyl groups excluding tert-OH is 4. The molecule has 5 aromatic rings. The molecule has 5 heterocycles. The molecule has 328 valence electrons. The van der Waals surface area contributed by atoms with Crippen molar-refractivity contribution in [2.75, 3.05) is 19.8 Å². The molecule has 15 nitrogen and oxygen atoms in total. The number of rotatable bonds is 15. The van der Waals surface area contributed by atoms with Gasteiger partial charge in [0.15, 0.2) is 16.8 Å². The number of phenols is 1. The van der Waals surface area contributed by atoms with Crippen LogP contribution in [0.15, 0.2) is 64.1 Å². The number of ether oxygens (including phenoxy) is 1. The van der Waals surface area contributed by atoms with E-state index in [9.17, 15) is 40.2 Å². The highest BCUT2D eigenvalue weighted by molar-refractivity contribution is 5.92. The van der Waals surface area contributed by atoms with Crippen LogP contribution in [-0.2, 0) is 33.8 Å². The minimum Gasteiger partial charge on any atom is -0.508 e. The number of aromatic nitrogens is 2. The molecule has 0 unspecified atom stereocenters. The van der Waals surface area contributed by atoms with Crippen molar-refractivity contribution in [2.45, 2.75) is 121 Å². The lowest BCUT2D eigenvalue weighted by molar-refractivity contribution is -0.371. The third kappa shape index (κ3) is 7.86. The van der Waals surface area contributed by atoms with Gasteiger partial charge in [0.2, 0.25) is 5.91 Å². The molecule has 15 heteroatoms. The lowest BCUT2D eigenvalue weighted by Crippen LogP contribution is -2.58. The van der Waals surface area contributed by atoms with Gasteiger partial charge in [-0.3, -0.25) is 9.59 Å². The highest BCUT2D eigenvalue weighted by atomic mass is 17.2. The summed E-state index contributed by atoms with van der Waals surface area (Å²) < 4.78 is 15.6. The fraction of sp³-hybridized carbons (Fsp3) is 0.522. The number of hydrogen-bond donors (Lipinski definition) is 8. The average molecular weight is 844 g/mol. The van der Waals surface area contributed by atoms with E-state index >= 15 is 0 Å². The third-order valence-electron chi connectivity index (χ3n) is 13.7. The molecule has 3 aromatic heterocycles. The van der Waals surface area contributed by atoms with Gasteiger partial charge in [0.25, 0.3) is 0 Å². The van der Waals surface area contributed by atoms with Gasteiger partial charge >= 0.3 is 0 Å². The first-order valence-corrected chi connectivity index (χ1v) is 21.4. The van der Waals surface area contributed by atoms with E-state index in [0.29, 0.717) is 65.1 Å². The van der Waals surface area contributed by atoms with Gasteiger partial charge in [0, 0.05) is 54.5 Å². The van der Waals surface area contributed by atoms with Crippen LogP contribution in [-0.4, -0.2) is 101 Å². The molecule has 1 amide bonds. The summed E-state index contributed by atoms with van der Waals surface area (Å²) in [4.78, 5) is 42.6. The number of aliphatic hydroxyl groups is 5. The highest BCUT2D eigenvalue weighted by Crippen LogP contribution is 2.50. The number of hydrogen-bond acceptors (Lipinski definition) is 12. The summed E-state index contributed by atoms with van der Waals surface area (Å²) in [5.41, 5.74) is -0.152. The van der Waals surface area contributed by atoms with E-state index in [-0.39, 0.29) is 35.8 Å². The SMILES string of the molecule is CCc1c2cc[nH]c2cn1-c1c2c(cc3c(=O)cc(C)oc13)C[C@@H](OOC[C@@](O)(Cc1ccc(O)cc1)[C@@H](O)[C@H](O)[C@H](O)CO)[C@@](C)(CC[C@@H]1CNC(=O)C13CCCCC3)O2. The van der Waals surface area contributed by atoms with Gasteiger partial charge in [-0.1, -0.05) is 38.3 Å². The van der Waals surface area contributed by atoms with Crippen LogP contribution in [0.1, 0.15) is 81.4 Å². The molecule has 1 saturated heterocycles. The fourth-order valence-electron chi connectivity index (χ4n) is 10.1. The second-order valence-corrected chi connectivity index (χ2v) is 17.7. The first-order valence-electron chi connectivity index (χ1n) is 21.4. The maximum atomic E-state index is 13.7. The minimum atomic E-state index is -2.27. The third-order valence-corrected chi connectivity index (χ3v) is 13.7. The molecule has 7 atom stereocenters. The van der Waals surface area contributed by atoms with Gasteiger partial charge in [-0.25, -0.2) is 9.78 Å². The summed E-state index contributed by atoms with van der Waals surface area (Å²) >= 11 is 0. The number of H-pyrrole nitrogens is 1. The molecule has 2 fully saturated rings. The van der Waals surface area contributed by atoms with Crippen LogP contribution in [0.4, 0.5) is 0 Å². The highest BCUT2D eigenvalue weighted by Gasteiger charge is 2.52. The molecular weight excluding hydrogens is 787 g/mol. The Morgan fingerprint density at radius 3 is 2.52 bits per heavy atom. The number of nitrogens with one attached hydrogen (secondary N) is 2. The van der Waals surface area contributed by atoms with Gasteiger partial charge in [0.1, 0.15) is 59.4 Å². The molecule has 1 aliphatic carbocycles. The molecule has 0 radical (unpaired) electrons. The lowest BCUT2D eigenvalue weighted by Gasteiger charge is -2.44. The van der Waals surface area contributed by atoms with Crippen molar-refractivity contribution in [2.24, 2.45) is 11.3 Å².